The van der Waals surface area contributed by atoms with Gasteiger partial charge in [-0.1, -0.05) is 11.6 Å². The highest BCUT2D eigenvalue weighted by atomic mass is 16.1. The molecule has 0 spiro atoms. The van der Waals surface area contributed by atoms with Gasteiger partial charge in [0.2, 0.25) is 5.95 Å². The molecular weight excluding hydrogens is 278 g/mol. The van der Waals surface area contributed by atoms with E-state index in [-0.39, 0.29) is 5.91 Å². The summed E-state index contributed by atoms with van der Waals surface area (Å²) in [5.41, 5.74) is 9.05. The smallest absolute Gasteiger partial charge is 0.253 e. The maximum absolute atomic E-state index is 12.2. The van der Waals surface area contributed by atoms with Gasteiger partial charge in [-0.25, -0.2) is 9.97 Å². The predicted molar refractivity (Wildman–Crippen MR) is 86.5 cm³/mol. The first-order valence-electron chi connectivity index (χ1n) is 7.77. The minimum Gasteiger partial charge on any atom is -0.369 e. The number of carbonyl (C=O) groups excluding carboxylic acids is 1. The molecule has 6 heteroatoms. The molecule has 116 valence electrons. The van der Waals surface area contributed by atoms with Gasteiger partial charge in [0.15, 0.2) is 5.65 Å². The summed E-state index contributed by atoms with van der Waals surface area (Å²) >= 11 is 0. The summed E-state index contributed by atoms with van der Waals surface area (Å²) in [5, 5.41) is 2.96. The Labute approximate surface area is 129 Å². The van der Waals surface area contributed by atoms with Gasteiger partial charge in [-0.2, -0.15) is 0 Å². The molecule has 2 heterocycles. The Bertz CT molecular complexity index is 731. The Hall–Kier alpha value is -2.37. The van der Waals surface area contributed by atoms with Gasteiger partial charge in [0.05, 0.1) is 5.56 Å². The number of hydrogen-bond donors (Lipinski definition) is 2. The van der Waals surface area contributed by atoms with E-state index >= 15 is 0 Å². The van der Waals surface area contributed by atoms with Crippen LogP contribution in [0.5, 0.6) is 0 Å². The molecule has 0 bridgehead atoms. The molecule has 6 nitrogen and oxygen atoms in total. The van der Waals surface area contributed by atoms with Crippen LogP contribution in [0.25, 0.3) is 11.2 Å². The third kappa shape index (κ3) is 2.81. The third-order valence-electron chi connectivity index (χ3n) is 4.05. The fourth-order valence-electron chi connectivity index (χ4n) is 2.83. The van der Waals surface area contributed by atoms with Gasteiger partial charge in [-0.3, -0.25) is 9.36 Å². The molecule has 3 rings (SSSR count). The van der Waals surface area contributed by atoms with Gasteiger partial charge in [0, 0.05) is 19.3 Å². The van der Waals surface area contributed by atoms with Gasteiger partial charge in [0.25, 0.3) is 5.91 Å². The van der Waals surface area contributed by atoms with Gasteiger partial charge in [-0.05, 0) is 38.7 Å². The van der Waals surface area contributed by atoms with Crippen molar-refractivity contribution in [3.63, 3.8) is 0 Å². The van der Waals surface area contributed by atoms with Crippen LogP contribution in [0, 0.1) is 0 Å². The topological polar surface area (TPSA) is 85.8 Å². The number of fused-ring (bicyclic) bond motifs is 1. The van der Waals surface area contributed by atoms with Gasteiger partial charge >= 0.3 is 0 Å². The van der Waals surface area contributed by atoms with Crippen LogP contribution in [0.4, 0.5) is 5.95 Å². The van der Waals surface area contributed by atoms with Crippen molar-refractivity contribution in [3.05, 3.63) is 29.5 Å². The number of aromatic nitrogens is 3. The van der Waals surface area contributed by atoms with Crippen molar-refractivity contribution < 1.29 is 4.79 Å². The molecule has 0 radical (unpaired) electrons. The van der Waals surface area contributed by atoms with E-state index in [0.717, 1.165) is 12.8 Å². The van der Waals surface area contributed by atoms with E-state index in [9.17, 15) is 4.79 Å². The lowest BCUT2D eigenvalue weighted by molar-refractivity contribution is 0.0956. The first-order chi connectivity index (χ1) is 10.7. The van der Waals surface area contributed by atoms with Crippen LogP contribution in [-0.4, -0.2) is 27.0 Å². The highest BCUT2D eigenvalue weighted by molar-refractivity contribution is 5.96. The molecule has 1 aliphatic carbocycles. The molecule has 0 aliphatic heterocycles. The largest absolute Gasteiger partial charge is 0.369 e. The second-order valence-electron chi connectivity index (χ2n) is 5.57. The quantitative estimate of drug-likeness (QED) is 0.848. The summed E-state index contributed by atoms with van der Waals surface area (Å²) in [4.78, 5) is 20.8. The minimum atomic E-state index is -0.120. The summed E-state index contributed by atoms with van der Waals surface area (Å²) < 4.78 is 1.82. The molecule has 0 saturated heterocycles. The number of allylic oxidation sites excluding steroid dienone is 1. The van der Waals surface area contributed by atoms with Crippen LogP contribution >= 0.6 is 0 Å². The normalized spacial score (nSPS) is 14.9. The lowest BCUT2D eigenvalue weighted by atomic mass is 10.00. The molecule has 22 heavy (non-hydrogen) atoms. The number of anilines is 1. The lowest BCUT2D eigenvalue weighted by Crippen LogP contribution is -2.26. The predicted octanol–water partition coefficient (Wildman–Crippen LogP) is 2.26. The van der Waals surface area contributed by atoms with E-state index in [2.05, 4.69) is 21.4 Å². The summed E-state index contributed by atoms with van der Waals surface area (Å²) in [6.07, 6.45) is 8.47. The number of nitrogens with zero attached hydrogens (tertiary/aromatic N) is 3. The van der Waals surface area contributed by atoms with Crippen LogP contribution in [0.15, 0.2) is 23.9 Å². The van der Waals surface area contributed by atoms with Crippen LogP contribution in [0.3, 0.4) is 0 Å². The number of carbonyl (C=O) groups is 1. The van der Waals surface area contributed by atoms with Crippen LogP contribution < -0.4 is 11.1 Å². The van der Waals surface area contributed by atoms with Crippen LogP contribution in [0.1, 0.15) is 43.0 Å². The van der Waals surface area contributed by atoms with Crippen LogP contribution in [0.2, 0.25) is 0 Å². The van der Waals surface area contributed by atoms with Crippen molar-refractivity contribution in [2.24, 2.45) is 0 Å². The zero-order valence-corrected chi connectivity index (χ0v) is 12.8. The number of hydrogen-bond acceptors (Lipinski definition) is 4. The van der Waals surface area contributed by atoms with Crippen molar-refractivity contribution in [2.75, 3.05) is 12.3 Å². The molecular formula is C16H21N5O. The van der Waals surface area contributed by atoms with Crippen molar-refractivity contribution in [3.8, 4) is 0 Å². The van der Waals surface area contributed by atoms with E-state index < -0.39 is 0 Å². The summed E-state index contributed by atoms with van der Waals surface area (Å²) in [6.45, 7) is 3.30. The number of amides is 1. The number of pyridine rings is 1. The highest BCUT2D eigenvalue weighted by Gasteiger charge is 2.13. The third-order valence-corrected chi connectivity index (χ3v) is 4.05. The number of nitrogen functional groups attached to an aromatic ring is 1. The van der Waals surface area contributed by atoms with Crippen molar-refractivity contribution in [2.45, 2.75) is 39.2 Å². The summed E-state index contributed by atoms with van der Waals surface area (Å²) in [5.74, 6) is 0.306. The number of nitrogens with two attached hydrogens (primary N) is 1. The highest BCUT2D eigenvalue weighted by Crippen LogP contribution is 2.18. The average molecular weight is 299 g/mol. The minimum absolute atomic E-state index is 0.120. The number of aryl methyl sites for hydroxylation is 1. The van der Waals surface area contributed by atoms with E-state index in [1.807, 2.05) is 11.5 Å². The second-order valence-corrected chi connectivity index (χ2v) is 5.57. The van der Waals surface area contributed by atoms with E-state index in [1.165, 1.54) is 18.4 Å². The first kappa shape index (κ1) is 14.6. The molecule has 0 atom stereocenters. The van der Waals surface area contributed by atoms with Gasteiger partial charge in [0.1, 0.15) is 5.52 Å². The molecule has 1 amide bonds. The number of rotatable bonds is 4. The molecule has 0 unspecified atom stereocenters. The first-order valence-corrected chi connectivity index (χ1v) is 7.77. The van der Waals surface area contributed by atoms with Gasteiger partial charge in [-0.15, -0.1) is 0 Å². The average Bonchev–Trinajstić information content (AvgIpc) is 2.87. The number of imidazole rings is 1. The SMILES string of the molecule is CCn1c(N)nc2cc(C(=O)NCC3=CCCCC3)cnc21. The molecule has 0 fully saturated rings. The Kier molecular flexibility index (Phi) is 4.09. The van der Waals surface area contributed by atoms with Crippen molar-refractivity contribution in [1.29, 1.82) is 0 Å². The zero-order chi connectivity index (χ0) is 15.5. The lowest BCUT2D eigenvalue weighted by Gasteiger charge is -2.13. The molecule has 3 N–H and O–H groups in total. The molecule has 0 saturated carbocycles. The van der Waals surface area contributed by atoms with Crippen LogP contribution in [-0.2, 0) is 6.54 Å². The number of nitrogens with one attached hydrogen (secondary N) is 1. The Morgan fingerprint density at radius 2 is 2.32 bits per heavy atom. The summed E-state index contributed by atoms with van der Waals surface area (Å²) in [6, 6.07) is 1.75. The Morgan fingerprint density at radius 1 is 1.45 bits per heavy atom. The monoisotopic (exact) mass is 299 g/mol. The fraction of sp³-hybridized carbons (Fsp3) is 0.438. The van der Waals surface area contributed by atoms with E-state index in [0.29, 0.717) is 35.8 Å². The van der Waals surface area contributed by atoms with Crippen molar-refractivity contribution >= 4 is 23.0 Å². The van der Waals surface area contributed by atoms with Crippen molar-refractivity contribution in [1.82, 2.24) is 19.9 Å². The van der Waals surface area contributed by atoms with E-state index in [1.54, 1.807) is 12.3 Å². The fourth-order valence-corrected chi connectivity index (χ4v) is 2.83. The zero-order valence-electron chi connectivity index (χ0n) is 12.8. The Balaban J connectivity index is 1.75. The molecule has 0 aromatic carbocycles. The van der Waals surface area contributed by atoms with Gasteiger partial charge < -0.3 is 11.1 Å². The maximum atomic E-state index is 12.2. The molecule has 1 aliphatic rings. The molecule has 2 aromatic rings. The Morgan fingerprint density at radius 3 is 3.05 bits per heavy atom. The molecule has 2 aromatic heterocycles. The van der Waals surface area contributed by atoms with E-state index in [4.69, 9.17) is 5.73 Å². The summed E-state index contributed by atoms with van der Waals surface area (Å²) in [7, 11) is 0. The standard InChI is InChI=1S/C16H21N5O/c1-2-21-14-13(20-16(21)17)8-12(10-18-14)15(22)19-9-11-6-4-3-5-7-11/h6,8,10H,2-5,7,9H2,1H3,(H2,17,20)(H,19,22). The second kappa shape index (κ2) is 6.17. The maximum Gasteiger partial charge on any atom is 0.253 e.